The zero-order valence-corrected chi connectivity index (χ0v) is 20.9. The van der Waals surface area contributed by atoms with Gasteiger partial charge in [-0.25, -0.2) is 5.48 Å². The van der Waals surface area contributed by atoms with Gasteiger partial charge in [0.2, 0.25) is 0 Å². The Morgan fingerprint density at radius 1 is 0.972 bits per heavy atom. The smallest absolute Gasteiger partial charge is 0.275 e. The van der Waals surface area contributed by atoms with Crippen molar-refractivity contribution in [2.24, 2.45) is 0 Å². The number of rotatable bonds is 7. The standard InChI is InChI=1S/C28H32N4O4/c1-19-9-10-21(23(17-19)28(34)32-15-13-31(2)14-16-32)18-36-30-27(33)22-11-12-24(29)26(35-3)25(22)20-7-5-4-6-8-20/h4-12,17H,13-16,18,29H2,1-3H3,(H,30,33). The zero-order valence-electron chi connectivity index (χ0n) is 20.9. The quantitative estimate of drug-likeness (QED) is 0.390. The summed E-state index contributed by atoms with van der Waals surface area (Å²) in [6, 6.07) is 18.4. The number of nitrogens with two attached hydrogens (primary N) is 1. The maximum absolute atomic E-state index is 13.2. The number of nitrogen functional groups attached to an aromatic ring is 1. The van der Waals surface area contributed by atoms with Crippen LogP contribution >= 0.6 is 0 Å². The van der Waals surface area contributed by atoms with Crippen molar-refractivity contribution in [2.75, 3.05) is 46.1 Å². The highest BCUT2D eigenvalue weighted by Gasteiger charge is 2.23. The van der Waals surface area contributed by atoms with Crippen molar-refractivity contribution in [3.63, 3.8) is 0 Å². The molecule has 8 nitrogen and oxygen atoms in total. The molecule has 3 aromatic rings. The number of nitrogens with one attached hydrogen (secondary N) is 1. The Balaban J connectivity index is 1.51. The lowest BCUT2D eigenvalue weighted by atomic mass is 9.97. The molecule has 36 heavy (non-hydrogen) atoms. The van der Waals surface area contributed by atoms with Crippen molar-refractivity contribution >= 4 is 17.5 Å². The molecule has 0 aromatic heterocycles. The molecule has 3 N–H and O–H groups in total. The molecule has 0 radical (unpaired) electrons. The van der Waals surface area contributed by atoms with E-state index in [1.54, 1.807) is 12.1 Å². The zero-order chi connectivity index (χ0) is 25.7. The van der Waals surface area contributed by atoms with Crippen LogP contribution < -0.4 is 16.0 Å². The van der Waals surface area contributed by atoms with Gasteiger partial charge in [-0.05, 0) is 43.3 Å². The van der Waals surface area contributed by atoms with Crippen LogP contribution in [-0.4, -0.2) is 62.0 Å². The summed E-state index contributed by atoms with van der Waals surface area (Å²) in [5.74, 6) is -0.0370. The van der Waals surface area contributed by atoms with Gasteiger partial charge in [0.1, 0.15) is 12.4 Å². The Bertz CT molecular complexity index is 1240. The largest absolute Gasteiger partial charge is 0.494 e. The number of benzene rings is 3. The van der Waals surface area contributed by atoms with Gasteiger partial charge in [0, 0.05) is 37.3 Å². The van der Waals surface area contributed by atoms with Crippen molar-refractivity contribution < 1.29 is 19.2 Å². The Kier molecular flexibility index (Phi) is 7.87. The number of likely N-dealkylation sites (N-methyl/N-ethyl adjacent to an activating group) is 1. The van der Waals surface area contributed by atoms with Crippen molar-refractivity contribution in [2.45, 2.75) is 13.5 Å². The van der Waals surface area contributed by atoms with Gasteiger partial charge in [0.15, 0.2) is 0 Å². The summed E-state index contributed by atoms with van der Waals surface area (Å²) < 4.78 is 5.52. The third-order valence-electron chi connectivity index (χ3n) is 6.38. The number of aryl methyl sites for hydroxylation is 1. The average molecular weight is 489 g/mol. The minimum absolute atomic E-state index is 0.0219. The van der Waals surface area contributed by atoms with Gasteiger partial charge in [-0.2, -0.15) is 0 Å². The minimum atomic E-state index is -0.439. The van der Waals surface area contributed by atoms with Crippen LogP contribution in [0.1, 0.15) is 31.8 Å². The number of ether oxygens (including phenoxy) is 1. The van der Waals surface area contributed by atoms with E-state index in [9.17, 15) is 9.59 Å². The minimum Gasteiger partial charge on any atom is -0.494 e. The van der Waals surface area contributed by atoms with E-state index in [1.807, 2.05) is 60.4 Å². The first-order valence-electron chi connectivity index (χ1n) is 11.9. The van der Waals surface area contributed by atoms with Gasteiger partial charge >= 0.3 is 0 Å². The highest BCUT2D eigenvalue weighted by atomic mass is 16.6. The van der Waals surface area contributed by atoms with Gasteiger partial charge in [-0.15, -0.1) is 0 Å². The van der Waals surface area contributed by atoms with Crippen LogP contribution in [0.15, 0.2) is 60.7 Å². The highest BCUT2D eigenvalue weighted by Crippen LogP contribution is 2.38. The van der Waals surface area contributed by atoms with Crippen LogP contribution in [0, 0.1) is 6.92 Å². The summed E-state index contributed by atoms with van der Waals surface area (Å²) in [6.45, 7) is 5.05. The number of nitrogens with zero attached hydrogens (tertiary/aromatic N) is 2. The van der Waals surface area contributed by atoms with Crippen LogP contribution in [0.2, 0.25) is 0 Å². The van der Waals surface area contributed by atoms with Crippen LogP contribution in [0.5, 0.6) is 5.75 Å². The van der Waals surface area contributed by atoms with E-state index in [4.69, 9.17) is 15.3 Å². The van der Waals surface area contributed by atoms with Gasteiger partial charge < -0.3 is 20.3 Å². The van der Waals surface area contributed by atoms with Gasteiger partial charge in [0.05, 0.1) is 18.4 Å². The molecule has 2 amide bonds. The van der Waals surface area contributed by atoms with Gasteiger partial charge in [-0.1, -0.05) is 48.0 Å². The molecule has 4 rings (SSSR count). The van der Waals surface area contributed by atoms with E-state index in [0.29, 0.717) is 46.8 Å². The second-order valence-electron chi connectivity index (χ2n) is 8.95. The normalized spacial score (nSPS) is 13.9. The summed E-state index contributed by atoms with van der Waals surface area (Å²) >= 11 is 0. The van der Waals surface area contributed by atoms with E-state index < -0.39 is 5.91 Å². The van der Waals surface area contributed by atoms with Crippen molar-refractivity contribution in [3.05, 3.63) is 82.9 Å². The third-order valence-corrected chi connectivity index (χ3v) is 6.38. The Labute approximate surface area is 211 Å². The molecular formula is C28H32N4O4. The van der Waals surface area contributed by atoms with E-state index in [-0.39, 0.29) is 12.5 Å². The molecule has 1 fully saturated rings. The number of carbonyl (C=O) groups is 2. The Hall–Kier alpha value is -3.88. The molecule has 0 atom stereocenters. The monoisotopic (exact) mass is 488 g/mol. The van der Waals surface area contributed by atoms with E-state index in [2.05, 4.69) is 17.4 Å². The third kappa shape index (κ3) is 5.50. The molecule has 1 aliphatic heterocycles. The molecular weight excluding hydrogens is 456 g/mol. The molecule has 1 aliphatic rings. The maximum atomic E-state index is 13.2. The molecule has 188 valence electrons. The predicted molar refractivity (Wildman–Crippen MR) is 140 cm³/mol. The molecule has 0 saturated carbocycles. The number of carbonyl (C=O) groups excluding carboxylic acids is 2. The molecule has 0 bridgehead atoms. The number of methoxy groups -OCH3 is 1. The SMILES string of the molecule is COc1c(N)ccc(C(=O)NOCc2ccc(C)cc2C(=O)N2CCN(C)CC2)c1-c1ccccc1. The van der Waals surface area contributed by atoms with Crippen molar-refractivity contribution in [1.82, 2.24) is 15.3 Å². The molecule has 1 heterocycles. The van der Waals surface area contributed by atoms with E-state index in [1.165, 1.54) is 7.11 Å². The van der Waals surface area contributed by atoms with Crippen LogP contribution in [-0.2, 0) is 11.4 Å². The summed E-state index contributed by atoms with van der Waals surface area (Å²) in [7, 11) is 3.57. The summed E-state index contributed by atoms with van der Waals surface area (Å²) in [6.07, 6.45) is 0. The first kappa shape index (κ1) is 25.2. The number of hydrogen-bond donors (Lipinski definition) is 2. The molecule has 0 aliphatic carbocycles. The molecule has 8 heteroatoms. The molecule has 1 saturated heterocycles. The average Bonchev–Trinajstić information content (AvgIpc) is 2.89. The maximum Gasteiger partial charge on any atom is 0.275 e. The second kappa shape index (κ2) is 11.2. The fourth-order valence-corrected chi connectivity index (χ4v) is 4.33. The molecule has 0 unspecified atom stereocenters. The fraction of sp³-hybridized carbons (Fsp3) is 0.286. The molecule has 0 spiro atoms. The van der Waals surface area contributed by atoms with Crippen LogP contribution in [0.3, 0.4) is 0 Å². The lowest BCUT2D eigenvalue weighted by Crippen LogP contribution is -2.47. The van der Waals surface area contributed by atoms with E-state index in [0.717, 1.165) is 24.2 Å². The fourth-order valence-electron chi connectivity index (χ4n) is 4.33. The Morgan fingerprint density at radius 3 is 2.39 bits per heavy atom. The number of hydrogen-bond acceptors (Lipinski definition) is 6. The Morgan fingerprint density at radius 2 is 1.69 bits per heavy atom. The van der Waals surface area contributed by atoms with Crippen LogP contribution in [0.25, 0.3) is 11.1 Å². The van der Waals surface area contributed by atoms with Crippen molar-refractivity contribution in [3.8, 4) is 16.9 Å². The summed E-state index contributed by atoms with van der Waals surface area (Å²) in [4.78, 5) is 36.1. The molecule has 3 aromatic carbocycles. The van der Waals surface area contributed by atoms with Crippen molar-refractivity contribution in [1.29, 1.82) is 0 Å². The number of amides is 2. The van der Waals surface area contributed by atoms with Gasteiger partial charge in [0.25, 0.3) is 11.8 Å². The van der Waals surface area contributed by atoms with Gasteiger partial charge in [-0.3, -0.25) is 14.4 Å². The summed E-state index contributed by atoms with van der Waals surface area (Å²) in [5.41, 5.74) is 13.1. The number of piperazine rings is 1. The predicted octanol–water partition coefficient (Wildman–Crippen LogP) is 3.50. The number of hydroxylamine groups is 1. The summed E-state index contributed by atoms with van der Waals surface area (Å²) in [5, 5.41) is 0. The van der Waals surface area contributed by atoms with Crippen LogP contribution in [0.4, 0.5) is 5.69 Å². The van der Waals surface area contributed by atoms with E-state index >= 15 is 0 Å². The second-order valence-corrected chi connectivity index (χ2v) is 8.95. The first-order chi connectivity index (χ1) is 17.4. The lowest BCUT2D eigenvalue weighted by Gasteiger charge is -2.33. The first-order valence-corrected chi connectivity index (χ1v) is 11.9. The highest BCUT2D eigenvalue weighted by molar-refractivity contribution is 6.03. The number of anilines is 1. The lowest BCUT2D eigenvalue weighted by molar-refractivity contribution is 0.0229. The topological polar surface area (TPSA) is 97.1 Å².